The molecule has 0 unspecified atom stereocenters. The van der Waals surface area contributed by atoms with Crippen LogP contribution in [0.5, 0.6) is 11.6 Å². The van der Waals surface area contributed by atoms with E-state index in [4.69, 9.17) is 9.47 Å². The SMILES string of the molecule is C=CC(=O)Nc1cc(Nc2nccc(OC3CN(S(C)(=O)=O)C3)n2)c(OC)cc1N1CCC(N(C)C)CC1. The Balaban J connectivity index is 1.54. The van der Waals surface area contributed by atoms with Crippen LogP contribution in [-0.4, -0.2) is 99.3 Å². The molecule has 0 saturated carbocycles. The number of amides is 1. The van der Waals surface area contributed by atoms with Gasteiger partial charge in [-0.1, -0.05) is 6.58 Å². The van der Waals surface area contributed by atoms with E-state index in [1.165, 1.54) is 16.6 Å². The van der Waals surface area contributed by atoms with Crippen LogP contribution in [0, 0.1) is 0 Å². The normalized spacial score (nSPS) is 17.1. The van der Waals surface area contributed by atoms with Crippen molar-refractivity contribution in [2.45, 2.75) is 25.0 Å². The number of nitrogens with zero attached hydrogens (tertiary/aromatic N) is 5. The number of aromatic nitrogens is 2. The number of ether oxygens (including phenoxy) is 2. The maximum atomic E-state index is 12.3. The van der Waals surface area contributed by atoms with Crippen LogP contribution in [0.1, 0.15) is 12.8 Å². The Labute approximate surface area is 223 Å². The van der Waals surface area contributed by atoms with Crippen molar-refractivity contribution >= 4 is 38.9 Å². The van der Waals surface area contributed by atoms with Gasteiger partial charge in [0.2, 0.25) is 27.8 Å². The van der Waals surface area contributed by atoms with Gasteiger partial charge in [-0.25, -0.2) is 13.4 Å². The number of methoxy groups -OCH3 is 1. The summed E-state index contributed by atoms with van der Waals surface area (Å²) in [6.07, 6.45) is 5.69. The highest BCUT2D eigenvalue weighted by Gasteiger charge is 2.35. The highest BCUT2D eigenvalue weighted by Crippen LogP contribution is 2.39. The number of carbonyl (C=O) groups is 1. The summed E-state index contributed by atoms with van der Waals surface area (Å²) in [6, 6.07) is 5.81. The first-order valence-corrected chi connectivity index (χ1v) is 14.2. The van der Waals surface area contributed by atoms with Gasteiger partial charge in [-0.15, -0.1) is 0 Å². The fourth-order valence-electron chi connectivity index (χ4n) is 4.51. The fourth-order valence-corrected chi connectivity index (χ4v) is 5.38. The Morgan fingerprint density at radius 3 is 2.53 bits per heavy atom. The van der Waals surface area contributed by atoms with E-state index in [0.29, 0.717) is 29.0 Å². The molecule has 1 aromatic carbocycles. The van der Waals surface area contributed by atoms with Crippen LogP contribution in [0.15, 0.2) is 37.1 Å². The van der Waals surface area contributed by atoms with Crippen molar-refractivity contribution in [2.75, 3.05) is 69.2 Å². The molecule has 2 aliphatic heterocycles. The topological polar surface area (TPSA) is 129 Å². The van der Waals surface area contributed by atoms with Gasteiger partial charge in [0.1, 0.15) is 11.9 Å². The first kappa shape index (κ1) is 27.6. The van der Waals surface area contributed by atoms with Gasteiger partial charge in [0.15, 0.2) is 0 Å². The molecule has 0 aliphatic carbocycles. The number of rotatable bonds is 10. The van der Waals surface area contributed by atoms with E-state index >= 15 is 0 Å². The standard InChI is InChI=1S/C25H35N7O5S/c1-6-23(33)27-19-13-20(22(36-4)14-21(19)31-11-8-17(9-12-31)30(2)3)28-25-26-10-7-24(29-25)37-18-15-32(16-18)38(5,34)35/h6-7,10,13-14,17-18H,1,8-9,11-12,15-16H2,2-5H3,(H,27,33)(H,26,28,29). The number of sulfonamides is 1. The number of piperidine rings is 1. The third-order valence-electron chi connectivity index (χ3n) is 6.74. The van der Waals surface area contributed by atoms with Crippen molar-refractivity contribution in [3.05, 3.63) is 37.1 Å². The lowest BCUT2D eigenvalue weighted by Gasteiger charge is -2.37. The number of hydrogen-bond acceptors (Lipinski definition) is 10. The first-order valence-electron chi connectivity index (χ1n) is 12.4. The summed E-state index contributed by atoms with van der Waals surface area (Å²) in [7, 11) is 2.54. The average Bonchev–Trinajstić information content (AvgIpc) is 2.85. The third kappa shape index (κ3) is 6.52. The Morgan fingerprint density at radius 2 is 1.92 bits per heavy atom. The molecule has 0 radical (unpaired) electrons. The van der Waals surface area contributed by atoms with Crippen LogP contribution in [0.3, 0.4) is 0 Å². The summed E-state index contributed by atoms with van der Waals surface area (Å²) in [5.74, 6) is 0.825. The van der Waals surface area contributed by atoms with Gasteiger partial charge in [0, 0.05) is 37.5 Å². The molecule has 206 valence electrons. The molecule has 38 heavy (non-hydrogen) atoms. The average molecular weight is 546 g/mol. The minimum Gasteiger partial charge on any atom is -0.494 e. The summed E-state index contributed by atoms with van der Waals surface area (Å²) < 4.78 is 36.0. The maximum absolute atomic E-state index is 12.3. The van der Waals surface area contributed by atoms with Gasteiger partial charge in [0.25, 0.3) is 0 Å². The molecule has 4 rings (SSSR count). The van der Waals surface area contributed by atoms with Crippen LogP contribution >= 0.6 is 0 Å². The second kappa shape index (κ2) is 11.5. The van der Waals surface area contributed by atoms with Crippen molar-refractivity contribution in [3.63, 3.8) is 0 Å². The number of benzene rings is 1. The van der Waals surface area contributed by atoms with E-state index in [2.05, 4.69) is 51.1 Å². The van der Waals surface area contributed by atoms with E-state index in [1.54, 1.807) is 25.4 Å². The molecule has 2 aliphatic rings. The molecule has 0 bridgehead atoms. The molecule has 13 heteroatoms. The number of anilines is 4. The zero-order valence-electron chi connectivity index (χ0n) is 22.2. The highest BCUT2D eigenvalue weighted by molar-refractivity contribution is 7.88. The van der Waals surface area contributed by atoms with Crippen LogP contribution in [-0.2, 0) is 14.8 Å². The molecule has 2 fully saturated rings. The summed E-state index contributed by atoms with van der Waals surface area (Å²) in [4.78, 5) is 25.4. The molecule has 0 spiro atoms. The molecule has 2 saturated heterocycles. The lowest BCUT2D eigenvalue weighted by Crippen LogP contribution is -2.55. The second-order valence-corrected chi connectivity index (χ2v) is 11.6. The van der Waals surface area contributed by atoms with E-state index in [-0.39, 0.29) is 31.0 Å². The summed E-state index contributed by atoms with van der Waals surface area (Å²) >= 11 is 0. The molecule has 0 atom stereocenters. The largest absolute Gasteiger partial charge is 0.494 e. The van der Waals surface area contributed by atoms with E-state index in [1.807, 2.05) is 6.07 Å². The van der Waals surface area contributed by atoms with Crippen LogP contribution < -0.4 is 25.0 Å². The van der Waals surface area contributed by atoms with Gasteiger partial charge in [-0.05, 0) is 39.1 Å². The minimum absolute atomic E-state index is 0.264. The number of nitrogens with one attached hydrogen (secondary N) is 2. The van der Waals surface area contributed by atoms with Crippen molar-refractivity contribution in [1.82, 2.24) is 19.2 Å². The summed E-state index contributed by atoms with van der Waals surface area (Å²) in [5, 5.41) is 6.07. The van der Waals surface area contributed by atoms with E-state index in [0.717, 1.165) is 31.6 Å². The van der Waals surface area contributed by atoms with Gasteiger partial charge in [0.05, 0.1) is 43.5 Å². The lowest BCUT2D eigenvalue weighted by molar-refractivity contribution is -0.111. The monoisotopic (exact) mass is 545 g/mol. The number of hydrogen-bond donors (Lipinski definition) is 2. The molecule has 2 N–H and O–H groups in total. The third-order valence-corrected chi connectivity index (χ3v) is 7.98. The predicted octanol–water partition coefficient (Wildman–Crippen LogP) is 1.91. The molecular weight excluding hydrogens is 510 g/mol. The van der Waals surface area contributed by atoms with Gasteiger partial charge in [-0.2, -0.15) is 9.29 Å². The Bertz CT molecular complexity index is 1270. The van der Waals surface area contributed by atoms with E-state index in [9.17, 15) is 13.2 Å². The predicted molar refractivity (Wildman–Crippen MR) is 147 cm³/mol. The van der Waals surface area contributed by atoms with E-state index < -0.39 is 10.0 Å². The van der Waals surface area contributed by atoms with Crippen molar-refractivity contribution < 1.29 is 22.7 Å². The summed E-state index contributed by atoms with van der Waals surface area (Å²) in [5.41, 5.74) is 2.03. The smallest absolute Gasteiger partial charge is 0.247 e. The maximum Gasteiger partial charge on any atom is 0.247 e. The minimum atomic E-state index is -3.23. The van der Waals surface area contributed by atoms with Crippen LogP contribution in [0.2, 0.25) is 0 Å². The Kier molecular flexibility index (Phi) is 8.38. The van der Waals surface area contributed by atoms with Crippen molar-refractivity contribution in [2.24, 2.45) is 0 Å². The Hall–Kier alpha value is -3.42. The fraction of sp³-hybridized carbons (Fsp3) is 0.480. The molecule has 1 aromatic heterocycles. The van der Waals surface area contributed by atoms with Crippen LogP contribution in [0.4, 0.5) is 23.0 Å². The zero-order chi connectivity index (χ0) is 27.4. The molecular formula is C25H35N7O5S. The van der Waals surface area contributed by atoms with Gasteiger partial charge >= 0.3 is 0 Å². The summed E-state index contributed by atoms with van der Waals surface area (Å²) in [6.45, 7) is 5.81. The van der Waals surface area contributed by atoms with Gasteiger partial charge in [-0.3, -0.25) is 4.79 Å². The quantitative estimate of drug-likeness (QED) is 0.427. The lowest BCUT2D eigenvalue weighted by atomic mass is 10.0. The zero-order valence-corrected chi connectivity index (χ0v) is 23.0. The van der Waals surface area contributed by atoms with Gasteiger partial charge < -0.3 is 29.9 Å². The van der Waals surface area contributed by atoms with Crippen LogP contribution in [0.25, 0.3) is 0 Å². The Morgan fingerprint density at radius 1 is 1.21 bits per heavy atom. The first-order chi connectivity index (χ1) is 18.1. The molecule has 12 nitrogen and oxygen atoms in total. The van der Waals surface area contributed by atoms with Crippen molar-refractivity contribution in [3.8, 4) is 11.6 Å². The molecule has 3 heterocycles. The van der Waals surface area contributed by atoms with Crippen molar-refractivity contribution in [1.29, 1.82) is 0 Å². The number of carbonyl (C=O) groups excluding carboxylic acids is 1. The molecule has 2 aromatic rings. The molecule has 1 amide bonds. The second-order valence-electron chi connectivity index (χ2n) is 9.61. The highest BCUT2D eigenvalue weighted by atomic mass is 32.2.